The maximum atomic E-state index is 10.7. The summed E-state index contributed by atoms with van der Waals surface area (Å²) < 4.78 is 1.58. The standard InChI is InChI=1S/C13H11N3O4S2/c1-8(6-15(17)18)9(2)7-21-13-14-11-5-10(16(19)20)3-4-12(11)22-13/h3-7H,1-2H3. The molecule has 2 rings (SSSR count). The van der Waals surface area contributed by atoms with E-state index in [2.05, 4.69) is 4.98 Å². The summed E-state index contributed by atoms with van der Waals surface area (Å²) in [7, 11) is 0. The number of nitro groups is 2. The van der Waals surface area contributed by atoms with Crippen LogP contribution in [-0.4, -0.2) is 14.8 Å². The van der Waals surface area contributed by atoms with Gasteiger partial charge in [0.2, 0.25) is 6.20 Å². The number of nitrogens with zero attached hydrogens (tertiary/aromatic N) is 3. The van der Waals surface area contributed by atoms with E-state index in [1.54, 1.807) is 25.3 Å². The Morgan fingerprint density at radius 2 is 2.00 bits per heavy atom. The number of thiazole rings is 1. The molecular formula is C13H11N3O4S2. The van der Waals surface area contributed by atoms with Crippen LogP contribution in [0, 0.1) is 20.2 Å². The molecule has 0 aliphatic rings. The van der Waals surface area contributed by atoms with Gasteiger partial charge in [-0.3, -0.25) is 20.2 Å². The Labute approximate surface area is 133 Å². The van der Waals surface area contributed by atoms with Gasteiger partial charge in [0.15, 0.2) is 4.34 Å². The number of hydrogen-bond donors (Lipinski definition) is 0. The first kappa shape index (κ1) is 16.1. The zero-order valence-corrected chi connectivity index (χ0v) is 13.3. The van der Waals surface area contributed by atoms with Gasteiger partial charge in [-0.25, -0.2) is 4.98 Å². The minimum Gasteiger partial charge on any atom is -0.259 e. The number of non-ortho nitro benzene ring substituents is 1. The van der Waals surface area contributed by atoms with Gasteiger partial charge in [-0.05, 0) is 30.9 Å². The van der Waals surface area contributed by atoms with Crippen molar-refractivity contribution in [3.8, 4) is 0 Å². The minimum absolute atomic E-state index is 0.00540. The van der Waals surface area contributed by atoms with Crippen LogP contribution in [0.1, 0.15) is 13.8 Å². The van der Waals surface area contributed by atoms with E-state index in [9.17, 15) is 20.2 Å². The molecule has 1 aromatic heterocycles. The third-order valence-corrected chi connectivity index (χ3v) is 4.95. The fourth-order valence-corrected chi connectivity index (χ4v) is 3.45. The van der Waals surface area contributed by atoms with E-state index in [-0.39, 0.29) is 5.69 Å². The molecular weight excluding hydrogens is 326 g/mol. The Hall–Kier alpha value is -2.26. The molecule has 1 heterocycles. The summed E-state index contributed by atoms with van der Waals surface area (Å²) in [6.45, 7) is 3.44. The molecule has 0 fully saturated rings. The average Bonchev–Trinajstić information content (AvgIpc) is 2.85. The second-order valence-corrected chi connectivity index (χ2v) is 6.55. The van der Waals surface area contributed by atoms with E-state index in [0.29, 0.717) is 11.1 Å². The van der Waals surface area contributed by atoms with Crippen LogP contribution in [0.3, 0.4) is 0 Å². The number of rotatable bonds is 5. The van der Waals surface area contributed by atoms with Gasteiger partial charge in [-0.15, -0.1) is 11.3 Å². The average molecular weight is 337 g/mol. The smallest absolute Gasteiger partial charge is 0.259 e. The molecule has 9 heteroatoms. The monoisotopic (exact) mass is 337 g/mol. The Kier molecular flexibility index (Phi) is 4.88. The summed E-state index contributed by atoms with van der Waals surface area (Å²) in [4.78, 5) is 24.5. The van der Waals surface area contributed by atoms with Crippen molar-refractivity contribution in [3.63, 3.8) is 0 Å². The number of allylic oxidation sites excluding steroid dienone is 2. The third kappa shape index (κ3) is 3.89. The second-order valence-electron chi connectivity index (χ2n) is 4.41. The van der Waals surface area contributed by atoms with E-state index in [1.165, 1.54) is 35.2 Å². The molecule has 0 unspecified atom stereocenters. The molecule has 0 atom stereocenters. The zero-order chi connectivity index (χ0) is 16.3. The quantitative estimate of drug-likeness (QED) is 0.347. The molecule has 7 nitrogen and oxygen atoms in total. The summed E-state index contributed by atoms with van der Waals surface area (Å²) in [5, 5.41) is 22.9. The summed E-state index contributed by atoms with van der Waals surface area (Å²) >= 11 is 2.75. The van der Waals surface area contributed by atoms with E-state index in [0.717, 1.165) is 20.8 Å². The van der Waals surface area contributed by atoms with E-state index < -0.39 is 9.85 Å². The maximum absolute atomic E-state index is 10.7. The van der Waals surface area contributed by atoms with Crippen LogP contribution in [0.5, 0.6) is 0 Å². The van der Waals surface area contributed by atoms with Gasteiger partial charge < -0.3 is 0 Å². The van der Waals surface area contributed by atoms with Crippen molar-refractivity contribution in [2.75, 3.05) is 0 Å². The van der Waals surface area contributed by atoms with Crippen LogP contribution in [0.2, 0.25) is 0 Å². The van der Waals surface area contributed by atoms with Crippen molar-refractivity contribution in [2.45, 2.75) is 18.2 Å². The lowest BCUT2D eigenvalue weighted by Gasteiger charge is -1.96. The van der Waals surface area contributed by atoms with Crippen molar-refractivity contribution in [3.05, 3.63) is 61.2 Å². The topological polar surface area (TPSA) is 99.2 Å². The number of fused-ring (bicyclic) bond motifs is 1. The van der Waals surface area contributed by atoms with Gasteiger partial charge in [-0.1, -0.05) is 11.8 Å². The van der Waals surface area contributed by atoms with Crippen molar-refractivity contribution in [2.24, 2.45) is 0 Å². The molecule has 0 bridgehead atoms. The molecule has 0 N–H and O–H groups in total. The Bertz CT molecular complexity index is 811. The summed E-state index contributed by atoms with van der Waals surface area (Å²) in [6, 6.07) is 4.55. The molecule has 2 aromatic rings. The second kappa shape index (κ2) is 6.67. The molecule has 0 saturated heterocycles. The van der Waals surface area contributed by atoms with E-state index >= 15 is 0 Å². The lowest BCUT2D eigenvalue weighted by molar-refractivity contribution is -0.403. The van der Waals surface area contributed by atoms with Crippen LogP contribution in [0.4, 0.5) is 5.69 Å². The molecule has 22 heavy (non-hydrogen) atoms. The number of benzene rings is 1. The highest BCUT2D eigenvalue weighted by atomic mass is 32.2. The van der Waals surface area contributed by atoms with E-state index in [1.807, 2.05) is 0 Å². The number of aromatic nitrogens is 1. The number of thioether (sulfide) groups is 1. The fourth-order valence-electron chi connectivity index (χ4n) is 1.55. The number of nitro benzene ring substituents is 1. The zero-order valence-electron chi connectivity index (χ0n) is 11.7. The first-order chi connectivity index (χ1) is 10.4. The lowest BCUT2D eigenvalue weighted by atomic mass is 10.2. The van der Waals surface area contributed by atoms with Gasteiger partial charge in [0.05, 0.1) is 20.1 Å². The highest BCUT2D eigenvalue weighted by Gasteiger charge is 2.10. The van der Waals surface area contributed by atoms with Crippen LogP contribution < -0.4 is 0 Å². The summed E-state index contributed by atoms with van der Waals surface area (Å²) in [6.07, 6.45) is 0.952. The molecule has 114 valence electrons. The molecule has 0 radical (unpaired) electrons. The van der Waals surface area contributed by atoms with Crippen LogP contribution in [0.25, 0.3) is 10.2 Å². The minimum atomic E-state index is -0.492. The Morgan fingerprint density at radius 3 is 2.64 bits per heavy atom. The lowest BCUT2D eigenvalue weighted by Crippen LogP contribution is -1.88. The van der Waals surface area contributed by atoms with E-state index in [4.69, 9.17) is 0 Å². The Balaban J connectivity index is 2.22. The summed E-state index contributed by atoms with van der Waals surface area (Å²) in [5.74, 6) is 0. The first-order valence-corrected chi connectivity index (χ1v) is 7.77. The first-order valence-electron chi connectivity index (χ1n) is 6.07. The van der Waals surface area contributed by atoms with Crippen molar-refractivity contribution in [1.29, 1.82) is 0 Å². The molecule has 0 aliphatic carbocycles. The van der Waals surface area contributed by atoms with Gasteiger partial charge in [0, 0.05) is 17.7 Å². The third-order valence-electron chi connectivity index (χ3n) is 2.82. The van der Waals surface area contributed by atoms with Gasteiger partial charge in [0.1, 0.15) is 0 Å². The molecule has 0 amide bonds. The van der Waals surface area contributed by atoms with Gasteiger partial charge >= 0.3 is 0 Å². The molecule has 0 aliphatic heterocycles. The molecule has 0 spiro atoms. The van der Waals surface area contributed by atoms with Crippen LogP contribution in [0.15, 0.2) is 45.3 Å². The van der Waals surface area contributed by atoms with Gasteiger partial charge in [0.25, 0.3) is 5.69 Å². The number of hydrogen-bond acceptors (Lipinski definition) is 7. The van der Waals surface area contributed by atoms with Crippen LogP contribution >= 0.6 is 23.1 Å². The predicted octanol–water partition coefficient (Wildman–Crippen LogP) is 4.38. The van der Waals surface area contributed by atoms with Gasteiger partial charge in [-0.2, -0.15) is 0 Å². The fraction of sp³-hybridized carbons (Fsp3) is 0.154. The van der Waals surface area contributed by atoms with Crippen molar-refractivity contribution < 1.29 is 9.85 Å². The molecule has 0 saturated carbocycles. The normalized spacial score (nSPS) is 12.6. The SMILES string of the molecule is CC(=CSc1nc2cc([N+](=O)[O-])ccc2s1)C(C)=C[N+](=O)[O-]. The predicted molar refractivity (Wildman–Crippen MR) is 86.6 cm³/mol. The van der Waals surface area contributed by atoms with Crippen molar-refractivity contribution in [1.82, 2.24) is 4.98 Å². The van der Waals surface area contributed by atoms with Crippen molar-refractivity contribution >= 4 is 39.0 Å². The highest BCUT2D eigenvalue weighted by Crippen LogP contribution is 2.33. The highest BCUT2D eigenvalue weighted by molar-refractivity contribution is 8.03. The molecule has 1 aromatic carbocycles. The largest absolute Gasteiger partial charge is 0.271 e. The Morgan fingerprint density at radius 1 is 1.27 bits per heavy atom. The summed E-state index contributed by atoms with van der Waals surface area (Å²) in [5.41, 5.74) is 1.91. The maximum Gasteiger partial charge on any atom is 0.271 e. The van der Waals surface area contributed by atoms with Crippen LogP contribution in [-0.2, 0) is 0 Å².